The van der Waals surface area contributed by atoms with E-state index in [-0.39, 0.29) is 0 Å². The van der Waals surface area contributed by atoms with Gasteiger partial charge >= 0.3 is 0 Å². The molecule has 100 valence electrons. The van der Waals surface area contributed by atoms with Crippen LogP contribution >= 0.6 is 11.6 Å². The molecule has 1 aliphatic heterocycles. The largest absolute Gasteiger partial charge is 0.396 e. The standard InChI is InChI=1S/C11H16ClN3O2S/c1-18(16,17)15-7-5-14(6-8-15)10-4-2-3-9(12)11(10)13/h2-4H,5-8,13H2,1H3. The van der Waals surface area contributed by atoms with Crippen LogP contribution in [-0.4, -0.2) is 45.2 Å². The number of benzene rings is 1. The molecule has 1 saturated heterocycles. The maximum atomic E-state index is 11.4. The Labute approximate surface area is 112 Å². The first-order chi connectivity index (χ1) is 8.39. The van der Waals surface area contributed by atoms with Crippen LogP contribution in [0.1, 0.15) is 0 Å². The van der Waals surface area contributed by atoms with Crippen LogP contribution < -0.4 is 10.6 Å². The predicted octanol–water partition coefficient (Wildman–Crippen LogP) is 1.00. The van der Waals surface area contributed by atoms with Crippen molar-refractivity contribution in [2.45, 2.75) is 0 Å². The minimum atomic E-state index is -3.10. The Hall–Kier alpha value is -0.980. The van der Waals surface area contributed by atoms with Crippen LogP contribution in [-0.2, 0) is 10.0 Å². The Kier molecular flexibility index (Phi) is 3.70. The smallest absolute Gasteiger partial charge is 0.211 e. The maximum Gasteiger partial charge on any atom is 0.211 e. The molecule has 18 heavy (non-hydrogen) atoms. The molecule has 1 aromatic carbocycles. The molecule has 1 aromatic rings. The number of nitrogens with zero attached hydrogens (tertiary/aromatic N) is 2. The SMILES string of the molecule is CS(=O)(=O)N1CCN(c2cccc(Cl)c2N)CC1. The molecule has 0 radical (unpaired) electrons. The van der Waals surface area contributed by atoms with Crippen molar-refractivity contribution >= 4 is 33.0 Å². The first-order valence-electron chi connectivity index (χ1n) is 5.63. The van der Waals surface area contributed by atoms with E-state index in [9.17, 15) is 8.42 Å². The van der Waals surface area contributed by atoms with Crippen LogP contribution in [0.4, 0.5) is 11.4 Å². The number of nitrogens with two attached hydrogens (primary N) is 1. The number of sulfonamides is 1. The van der Waals surface area contributed by atoms with Crippen LogP contribution in [0.5, 0.6) is 0 Å². The Bertz CT molecular complexity index is 539. The van der Waals surface area contributed by atoms with Gasteiger partial charge in [0.25, 0.3) is 0 Å². The number of anilines is 2. The Morgan fingerprint density at radius 3 is 2.39 bits per heavy atom. The summed E-state index contributed by atoms with van der Waals surface area (Å²) in [5, 5.41) is 0.526. The van der Waals surface area contributed by atoms with E-state index in [1.54, 1.807) is 6.07 Å². The molecule has 1 heterocycles. The third kappa shape index (κ3) is 2.71. The lowest BCUT2D eigenvalue weighted by atomic mass is 10.2. The number of rotatable bonds is 2. The van der Waals surface area contributed by atoms with Crippen molar-refractivity contribution in [1.82, 2.24) is 4.31 Å². The Morgan fingerprint density at radius 1 is 1.22 bits per heavy atom. The van der Waals surface area contributed by atoms with Crippen LogP contribution in [0, 0.1) is 0 Å². The van der Waals surface area contributed by atoms with Crippen LogP contribution in [0.3, 0.4) is 0 Å². The normalized spacial score (nSPS) is 18.0. The fourth-order valence-corrected chi connectivity index (χ4v) is 3.06. The van der Waals surface area contributed by atoms with Gasteiger partial charge in [-0.3, -0.25) is 0 Å². The number of para-hydroxylation sites is 1. The quantitative estimate of drug-likeness (QED) is 0.825. The van der Waals surface area contributed by atoms with E-state index in [4.69, 9.17) is 17.3 Å². The third-order valence-electron chi connectivity index (χ3n) is 3.08. The van der Waals surface area contributed by atoms with Gasteiger partial charge in [-0.2, -0.15) is 4.31 Å². The second kappa shape index (κ2) is 4.95. The Balaban J connectivity index is 2.13. The maximum absolute atomic E-state index is 11.4. The molecule has 7 heteroatoms. The summed E-state index contributed by atoms with van der Waals surface area (Å²) in [4.78, 5) is 2.06. The summed E-state index contributed by atoms with van der Waals surface area (Å²) in [5.41, 5.74) is 7.35. The van der Waals surface area contributed by atoms with E-state index in [2.05, 4.69) is 4.90 Å². The van der Waals surface area contributed by atoms with E-state index in [0.29, 0.717) is 36.9 Å². The van der Waals surface area contributed by atoms with Gasteiger partial charge in [0, 0.05) is 26.2 Å². The number of nitrogen functional groups attached to an aromatic ring is 1. The highest BCUT2D eigenvalue weighted by Crippen LogP contribution is 2.30. The second-order valence-corrected chi connectivity index (χ2v) is 6.71. The summed E-state index contributed by atoms with van der Waals surface area (Å²) in [5.74, 6) is 0. The first-order valence-corrected chi connectivity index (χ1v) is 7.86. The summed E-state index contributed by atoms with van der Waals surface area (Å²) < 4.78 is 24.3. The van der Waals surface area contributed by atoms with Gasteiger partial charge in [-0.05, 0) is 12.1 Å². The molecule has 0 aromatic heterocycles. The molecule has 2 rings (SSSR count). The van der Waals surface area contributed by atoms with E-state index in [1.807, 2.05) is 12.1 Å². The fraction of sp³-hybridized carbons (Fsp3) is 0.455. The summed E-state index contributed by atoms with van der Waals surface area (Å²) in [7, 11) is -3.10. The van der Waals surface area contributed by atoms with E-state index >= 15 is 0 Å². The van der Waals surface area contributed by atoms with Crippen molar-refractivity contribution in [3.05, 3.63) is 23.2 Å². The van der Waals surface area contributed by atoms with Gasteiger partial charge in [0.05, 0.1) is 22.7 Å². The summed E-state index contributed by atoms with van der Waals surface area (Å²) in [6.07, 6.45) is 1.23. The lowest BCUT2D eigenvalue weighted by molar-refractivity contribution is 0.388. The van der Waals surface area contributed by atoms with Crippen LogP contribution in [0.2, 0.25) is 5.02 Å². The number of piperazine rings is 1. The lowest BCUT2D eigenvalue weighted by Gasteiger charge is -2.35. The zero-order valence-corrected chi connectivity index (χ0v) is 11.7. The highest BCUT2D eigenvalue weighted by atomic mass is 35.5. The molecule has 0 bridgehead atoms. The number of halogens is 1. The first kappa shape index (κ1) is 13.5. The van der Waals surface area contributed by atoms with Gasteiger partial charge in [-0.25, -0.2) is 8.42 Å². The van der Waals surface area contributed by atoms with Crippen molar-refractivity contribution < 1.29 is 8.42 Å². The zero-order chi connectivity index (χ0) is 13.3. The second-order valence-electron chi connectivity index (χ2n) is 4.32. The van der Waals surface area contributed by atoms with Crippen molar-refractivity contribution in [3.63, 3.8) is 0 Å². The third-order valence-corrected chi connectivity index (χ3v) is 4.71. The highest BCUT2D eigenvalue weighted by Gasteiger charge is 2.24. The van der Waals surface area contributed by atoms with Gasteiger partial charge in [-0.1, -0.05) is 17.7 Å². The molecule has 0 saturated carbocycles. The monoisotopic (exact) mass is 289 g/mol. The van der Waals surface area contributed by atoms with Gasteiger partial charge < -0.3 is 10.6 Å². The van der Waals surface area contributed by atoms with E-state index < -0.39 is 10.0 Å². The van der Waals surface area contributed by atoms with Gasteiger partial charge in [0.15, 0.2) is 0 Å². The molecule has 0 spiro atoms. The zero-order valence-electron chi connectivity index (χ0n) is 10.1. The highest BCUT2D eigenvalue weighted by molar-refractivity contribution is 7.88. The molecule has 2 N–H and O–H groups in total. The topological polar surface area (TPSA) is 66.6 Å². The minimum Gasteiger partial charge on any atom is -0.396 e. The number of hydrogen-bond donors (Lipinski definition) is 1. The molecule has 0 amide bonds. The van der Waals surface area contributed by atoms with Crippen molar-refractivity contribution in [1.29, 1.82) is 0 Å². The average molecular weight is 290 g/mol. The Morgan fingerprint density at radius 2 is 1.83 bits per heavy atom. The molecule has 0 unspecified atom stereocenters. The number of hydrogen-bond acceptors (Lipinski definition) is 4. The van der Waals surface area contributed by atoms with Crippen LogP contribution in [0.15, 0.2) is 18.2 Å². The molecule has 5 nitrogen and oxygen atoms in total. The van der Waals surface area contributed by atoms with Crippen molar-refractivity contribution in [2.24, 2.45) is 0 Å². The molecular formula is C11H16ClN3O2S. The summed E-state index contributed by atoms with van der Waals surface area (Å²) in [6, 6.07) is 5.49. The molecule has 1 fully saturated rings. The predicted molar refractivity (Wildman–Crippen MR) is 74.5 cm³/mol. The molecular weight excluding hydrogens is 274 g/mol. The van der Waals surface area contributed by atoms with E-state index in [0.717, 1.165) is 5.69 Å². The molecule has 0 aliphatic carbocycles. The minimum absolute atomic E-state index is 0.477. The van der Waals surface area contributed by atoms with Gasteiger partial charge in [0.2, 0.25) is 10.0 Å². The summed E-state index contributed by atoms with van der Waals surface area (Å²) >= 11 is 5.98. The van der Waals surface area contributed by atoms with Gasteiger partial charge in [0.1, 0.15) is 0 Å². The van der Waals surface area contributed by atoms with Crippen molar-refractivity contribution in [2.75, 3.05) is 43.1 Å². The molecule has 1 aliphatic rings. The average Bonchev–Trinajstić information content (AvgIpc) is 2.32. The van der Waals surface area contributed by atoms with E-state index in [1.165, 1.54) is 10.6 Å². The lowest BCUT2D eigenvalue weighted by Crippen LogP contribution is -2.48. The van der Waals surface area contributed by atoms with Crippen molar-refractivity contribution in [3.8, 4) is 0 Å². The molecule has 0 atom stereocenters. The fourth-order valence-electron chi connectivity index (χ4n) is 2.06. The van der Waals surface area contributed by atoms with Gasteiger partial charge in [-0.15, -0.1) is 0 Å². The van der Waals surface area contributed by atoms with Crippen LogP contribution in [0.25, 0.3) is 0 Å². The summed E-state index contributed by atoms with van der Waals surface area (Å²) in [6.45, 7) is 2.20.